The molecule has 182 valence electrons. The molecule has 3 aromatic rings. The lowest BCUT2D eigenvalue weighted by Crippen LogP contribution is -2.46. The molecule has 0 aliphatic carbocycles. The van der Waals surface area contributed by atoms with Gasteiger partial charge in [-0.25, -0.2) is 0 Å². The Hall–Kier alpha value is -3.51. The Kier molecular flexibility index (Phi) is 6.64. The predicted molar refractivity (Wildman–Crippen MR) is 142 cm³/mol. The summed E-state index contributed by atoms with van der Waals surface area (Å²) in [6.45, 7) is 9.50. The normalized spacial score (nSPS) is 16.0. The van der Waals surface area contributed by atoms with E-state index in [0.717, 1.165) is 67.4 Å². The highest BCUT2D eigenvalue weighted by molar-refractivity contribution is 6.07. The van der Waals surface area contributed by atoms with Gasteiger partial charge in [0.25, 0.3) is 5.91 Å². The van der Waals surface area contributed by atoms with Crippen LogP contribution in [0.1, 0.15) is 35.3 Å². The van der Waals surface area contributed by atoms with Crippen molar-refractivity contribution in [2.75, 3.05) is 48.3 Å². The Morgan fingerprint density at radius 3 is 2.51 bits per heavy atom. The van der Waals surface area contributed by atoms with Crippen LogP contribution in [0.2, 0.25) is 0 Å². The van der Waals surface area contributed by atoms with Crippen molar-refractivity contribution in [3.63, 3.8) is 0 Å². The number of carbonyl (C=O) groups is 1. The predicted octanol–water partition coefficient (Wildman–Crippen LogP) is 4.58. The Morgan fingerprint density at radius 1 is 0.914 bits per heavy atom. The Bertz CT molecular complexity index is 1200. The minimum absolute atomic E-state index is 0.0574. The van der Waals surface area contributed by atoms with Gasteiger partial charge in [-0.1, -0.05) is 24.3 Å². The van der Waals surface area contributed by atoms with E-state index in [4.69, 9.17) is 10.5 Å². The fourth-order valence-electron chi connectivity index (χ4n) is 5.07. The summed E-state index contributed by atoms with van der Waals surface area (Å²) in [4.78, 5) is 20.1. The summed E-state index contributed by atoms with van der Waals surface area (Å²) in [5.41, 5.74) is 11.9. The number of fused-ring (bicyclic) bond motifs is 1. The quantitative estimate of drug-likeness (QED) is 0.535. The molecule has 2 heterocycles. The molecule has 35 heavy (non-hydrogen) atoms. The van der Waals surface area contributed by atoms with E-state index in [9.17, 15) is 4.79 Å². The van der Waals surface area contributed by atoms with E-state index < -0.39 is 0 Å². The monoisotopic (exact) mass is 470 g/mol. The van der Waals surface area contributed by atoms with Crippen molar-refractivity contribution in [2.45, 2.75) is 32.9 Å². The van der Waals surface area contributed by atoms with Gasteiger partial charge in [0.15, 0.2) is 0 Å². The van der Waals surface area contributed by atoms with Gasteiger partial charge in [-0.15, -0.1) is 0 Å². The molecule has 6 nitrogen and oxygen atoms in total. The molecule has 0 saturated carbocycles. The van der Waals surface area contributed by atoms with Crippen LogP contribution in [0, 0.1) is 0 Å². The van der Waals surface area contributed by atoms with Crippen LogP contribution in [0.15, 0.2) is 66.7 Å². The van der Waals surface area contributed by atoms with Gasteiger partial charge in [0.05, 0.1) is 11.8 Å². The van der Waals surface area contributed by atoms with Crippen molar-refractivity contribution in [3.05, 3.63) is 83.4 Å². The zero-order chi connectivity index (χ0) is 24.4. The maximum Gasteiger partial charge on any atom is 0.258 e. The molecule has 1 saturated heterocycles. The third-order valence-electron chi connectivity index (χ3n) is 6.77. The number of rotatable bonds is 6. The number of anilines is 3. The maximum atomic E-state index is 13.3. The highest BCUT2D eigenvalue weighted by Gasteiger charge is 2.26. The minimum atomic E-state index is 0.0574. The summed E-state index contributed by atoms with van der Waals surface area (Å²) in [6.07, 6.45) is 1.00. The average molecular weight is 471 g/mol. The molecule has 5 rings (SSSR count). The molecule has 2 N–H and O–H groups in total. The number of hydrogen-bond acceptors (Lipinski definition) is 5. The summed E-state index contributed by atoms with van der Waals surface area (Å²) in [5.74, 6) is 1.01. The lowest BCUT2D eigenvalue weighted by molar-refractivity contribution is 0.0989. The molecule has 0 radical (unpaired) electrons. The third-order valence-corrected chi connectivity index (χ3v) is 6.77. The van der Waals surface area contributed by atoms with Gasteiger partial charge in [-0.3, -0.25) is 9.69 Å². The molecule has 2 aliphatic heterocycles. The maximum absolute atomic E-state index is 13.3. The highest BCUT2D eigenvalue weighted by atomic mass is 16.5. The zero-order valence-electron chi connectivity index (χ0n) is 20.6. The van der Waals surface area contributed by atoms with E-state index in [1.807, 2.05) is 41.3 Å². The van der Waals surface area contributed by atoms with Crippen LogP contribution in [-0.4, -0.2) is 49.6 Å². The molecule has 1 amide bonds. The second kappa shape index (κ2) is 10.0. The van der Waals surface area contributed by atoms with Crippen molar-refractivity contribution < 1.29 is 9.53 Å². The minimum Gasteiger partial charge on any atom is -0.489 e. The lowest BCUT2D eigenvalue weighted by Gasteiger charge is -2.37. The van der Waals surface area contributed by atoms with Gasteiger partial charge in [0.2, 0.25) is 0 Å². The highest BCUT2D eigenvalue weighted by Crippen LogP contribution is 2.32. The number of amides is 1. The fraction of sp³-hybridized carbons (Fsp3) is 0.345. The molecule has 6 heteroatoms. The number of nitrogens with two attached hydrogens (primary N) is 1. The first-order valence-corrected chi connectivity index (χ1v) is 12.5. The number of hydrogen-bond donors (Lipinski definition) is 1. The van der Waals surface area contributed by atoms with Crippen LogP contribution in [-0.2, 0) is 13.0 Å². The number of ether oxygens (including phenoxy) is 1. The van der Waals surface area contributed by atoms with Crippen molar-refractivity contribution in [1.29, 1.82) is 0 Å². The number of para-hydroxylation sites is 2. The van der Waals surface area contributed by atoms with Crippen LogP contribution in [0.4, 0.5) is 17.1 Å². The first-order valence-electron chi connectivity index (χ1n) is 12.5. The first-order chi connectivity index (χ1) is 17.0. The summed E-state index contributed by atoms with van der Waals surface area (Å²) >= 11 is 0. The van der Waals surface area contributed by atoms with Crippen LogP contribution in [0.5, 0.6) is 5.75 Å². The molecular formula is C29H34N4O2. The standard InChI is InChI=1S/C29H34N4O2/c1-21(2)35-28-9-4-3-8-27(28)32-16-14-31(15-17-32)20-22-6-5-7-24(18-22)29(34)33-13-12-23-19-25(30)10-11-26(23)33/h3-11,18-19,21H,12-17,20,30H2,1-2H3. The molecule has 0 aromatic heterocycles. The fourth-order valence-corrected chi connectivity index (χ4v) is 5.07. The van der Waals surface area contributed by atoms with Crippen molar-refractivity contribution in [2.24, 2.45) is 0 Å². The zero-order valence-corrected chi connectivity index (χ0v) is 20.6. The topological polar surface area (TPSA) is 62.0 Å². The van der Waals surface area contributed by atoms with Crippen LogP contribution in [0.25, 0.3) is 0 Å². The van der Waals surface area contributed by atoms with E-state index in [1.54, 1.807) is 0 Å². The SMILES string of the molecule is CC(C)Oc1ccccc1N1CCN(Cc2cccc(C(=O)N3CCc4cc(N)ccc43)c2)CC1. The smallest absolute Gasteiger partial charge is 0.258 e. The molecule has 1 fully saturated rings. The van der Waals surface area contributed by atoms with Gasteiger partial charge in [0, 0.05) is 56.2 Å². The lowest BCUT2D eigenvalue weighted by atomic mass is 10.1. The van der Waals surface area contributed by atoms with E-state index in [0.29, 0.717) is 6.54 Å². The van der Waals surface area contributed by atoms with Crippen molar-refractivity contribution in [3.8, 4) is 5.75 Å². The number of nitrogens with zero attached hydrogens (tertiary/aromatic N) is 3. The molecular weight excluding hydrogens is 436 g/mol. The van der Waals surface area contributed by atoms with Crippen LogP contribution in [0.3, 0.4) is 0 Å². The van der Waals surface area contributed by atoms with Crippen molar-refractivity contribution in [1.82, 2.24) is 4.90 Å². The van der Waals surface area contributed by atoms with Crippen LogP contribution < -0.4 is 20.3 Å². The molecule has 0 bridgehead atoms. The second-order valence-electron chi connectivity index (χ2n) is 9.69. The van der Waals surface area contributed by atoms with E-state index in [-0.39, 0.29) is 12.0 Å². The number of piperazine rings is 1. The van der Waals surface area contributed by atoms with Crippen molar-refractivity contribution >= 4 is 23.0 Å². The van der Waals surface area contributed by atoms with Gasteiger partial charge in [-0.05, 0) is 73.9 Å². The Morgan fingerprint density at radius 2 is 1.71 bits per heavy atom. The van der Waals surface area contributed by atoms with E-state index in [2.05, 4.69) is 54.0 Å². The molecule has 2 aliphatic rings. The van der Waals surface area contributed by atoms with Crippen LogP contribution >= 0.6 is 0 Å². The van der Waals surface area contributed by atoms with Gasteiger partial charge < -0.3 is 20.3 Å². The summed E-state index contributed by atoms with van der Waals surface area (Å²) in [5, 5.41) is 0. The molecule has 0 spiro atoms. The van der Waals surface area contributed by atoms with Gasteiger partial charge in [0.1, 0.15) is 5.75 Å². The molecule has 3 aromatic carbocycles. The van der Waals surface area contributed by atoms with Gasteiger partial charge >= 0.3 is 0 Å². The third kappa shape index (κ3) is 5.13. The summed E-state index contributed by atoms with van der Waals surface area (Å²) in [6, 6.07) is 22.2. The van der Waals surface area contributed by atoms with Gasteiger partial charge in [-0.2, -0.15) is 0 Å². The second-order valence-corrected chi connectivity index (χ2v) is 9.69. The Labute approximate surface area is 207 Å². The number of benzene rings is 3. The number of carbonyl (C=O) groups excluding carboxylic acids is 1. The Balaban J connectivity index is 1.22. The summed E-state index contributed by atoms with van der Waals surface area (Å²) in [7, 11) is 0. The average Bonchev–Trinajstić information content (AvgIpc) is 3.27. The molecule has 0 atom stereocenters. The van der Waals surface area contributed by atoms with E-state index in [1.165, 1.54) is 11.3 Å². The number of nitrogen functional groups attached to an aromatic ring is 1. The first kappa shape index (κ1) is 23.2. The summed E-state index contributed by atoms with van der Waals surface area (Å²) < 4.78 is 6.03. The molecule has 0 unspecified atom stereocenters. The van der Waals surface area contributed by atoms with E-state index >= 15 is 0 Å². The largest absolute Gasteiger partial charge is 0.489 e.